The first-order valence-corrected chi connectivity index (χ1v) is 11.3. The SMILES string of the molecule is CC(=O)c1ccc(N2CCN(Cn3nc(-c4ccncc4)n(C4CC4)c3=S)CC2)c(F)c1. The summed E-state index contributed by atoms with van der Waals surface area (Å²) in [7, 11) is 0. The number of hydrogen-bond donors (Lipinski definition) is 0. The summed E-state index contributed by atoms with van der Waals surface area (Å²) in [4.78, 5) is 19.9. The minimum atomic E-state index is -0.349. The second kappa shape index (κ2) is 8.55. The second-order valence-electron chi connectivity index (χ2n) is 8.41. The minimum absolute atomic E-state index is 0.131. The molecule has 1 aliphatic heterocycles. The van der Waals surface area contributed by atoms with Crippen molar-refractivity contribution in [2.75, 3.05) is 31.1 Å². The van der Waals surface area contributed by atoms with E-state index in [1.807, 2.05) is 21.7 Å². The number of hydrogen-bond acceptors (Lipinski definition) is 6. The third-order valence-corrected chi connectivity index (χ3v) is 6.53. The largest absolute Gasteiger partial charge is 0.367 e. The highest BCUT2D eigenvalue weighted by Gasteiger charge is 2.29. The van der Waals surface area contributed by atoms with Crippen LogP contribution in [0, 0.1) is 10.6 Å². The fraction of sp³-hybridized carbons (Fsp3) is 0.391. The fourth-order valence-electron chi connectivity index (χ4n) is 4.17. The second-order valence-corrected chi connectivity index (χ2v) is 8.78. The number of anilines is 1. The molecule has 0 spiro atoms. The van der Waals surface area contributed by atoms with Gasteiger partial charge >= 0.3 is 0 Å². The van der Waals surface area contributed by atoms with Gasteiger partial charge in [0.25, 0.3) is 0 Å². The van der Waals surface area contributed by atoms with Crippen LogP contribution in [0.3, 0.4) is 0 Å². The Morgan fingerprint density at radius 1 is 1.12 bits per heavy atom. The van der Waals surface area contributed by atoms with Gasteiger partial charge in [0.2, 0.25) is 0 Å². The van der Waals surface area contributed by atoms with Crippen LogP contribution in [0.4, 0.5) is 10.1 Å². The van der Waals surface area contributed by atoms with Crippen molar-refractivity contribution in [1.82, 2.24) is 24.2 Å². The predicted octanol–water partition coefficient (Wildman–Crippen LogP) is 3.93. The Hall–Kier alpha value is -2.91. The molecule has 1 aromatic carbocycles. The molecule has 2 aliphatic rings. The quantitative estimate of drug-likeness (QED) is 0.417. The van der Waals surface area contributed by atoms with E-state index in [1.54, 1.807) is 24.5 Å². The van der Waals surface area contributed by atoms with E-state index in [0.717, 1.165) is 42.1 Å². The third-order valence-electron chi connectivity index (χ3n) is 6.12. The molecule has 0 bridgehead atoms. The molecule has 166 valence electrons. The first kappa shape index (κ1) is 21.0. The topological polar surface area (TPSA) is 59.2 Å². The van der Waals surface area contributed by atoms with E-state index in [4.69, 9.17) is 17.3 Å². The monoisotopic (exact) mass is 452 g/mol. The maximum absolute atomic E-state index is 14.5. The van der Waals surface area contributed by atoms with Crippen molar-refractivity contribution < 1.29 is 9.18 Å². The smallest absolute Gasteiger partial charge is 0.199 e. The summed E-state index contributed by atoms with van der Waals surface area (Å²) in [5.74, 6) is 0.415. The number of carbonyl (C=O) groups is 1. The number of benzene rings is 1. The number of carbonyl (C=O) groups excluding carboxylic acids is 1. The highest BCUT2D eigenvalue weighted by atomic mass is 32.1. The van der Waals surface area contributed by atoms with Crippen molar-refractivity contribution in [2.24, 2.45) is 0 Å². The average molecular weight is 453 g/mol. The molecule has 2 aromatic heterocycles. The lowest BCUT2D eigenvalue weighted by molar-refractivity contribution is 0.101. The number of aromatic nitrogens is 4. The number of Topliss-reactive ketones (excluding diaryl/α,β-unsaturated/α-hetero) is 1. The Balaban J connectivity index is 1.30. The molecule has 5 rings (SSSR count). The zero-order chi connectivity index (χ0) is 22.2. The van der Waals surface area contributed by atoms with Crippen LogP contribution in [0.25, 0.3) is 11.4 Å². The van der Waals surface area contributed by atoms with Crippen LogP contribution in [-0.2, 0) is 6.67 Å². The van der Waals surface area contributed by atoms with Crippen LogP contribution in [-0.4, -0.2) is 56.2 Å². The normalized spacial score (nSPS) is 17.0. The Kier molecular flexibility index (Phi) is 5.60. The molecule has 2 fully saturated rings. The molecular formula is C23H25FN6OS. The average Bonchev–Trinajstić information content (AvgIpc) is 3.59. The lowest BCUT2D eigenvalue weighted by Crippen LogP contribution is -2.47. The van der Waals surface area contributed by atoms with Crippen molar-refractivity contribution in [3.05, 3.63) is 58.9 Å². The van der Waals surface area contributed by atoms with Gasteiger partial charge < -0.3 is 4.90 Å². The van der Waals surface area contributed by atoms with Gasteiger partial charge in [0, 0.05) is 55.7 Å². The number of pyridine rings is 1. The minimum Gasteiger partial charge on any atom is -0.367 e. The zero-order valence-electron chi connectivity index (χ0n) is 17.9. The molecular weight excluding hydrogens is 427 g/mol. The van der Waals surface area contributed by atoms with Crippen LogP contribution in [0.2, 0.25) is 0 Å². The van der Waals surface area contributed by atoms with Crippen molar-refractivity contribution in [3.8, 4) is 11.4 Å². The van der Waals surface area contributed by atoms with E-state index < -0.39 is 0 Å². The van der Waals surface area contributed by atoms with Crippen LogP contribution in [0.5, 0.6) is 0 Å². The Morgan fingerprint density at radius 2 is 1.84 bits per heavy atom. The van der Waals surface area contributed by atoms with Gasteiger partial charge in [0.15, 0.2) is 16.4 Å². The van der Waals surface area contributed by atoms with Gasteiger partial charge in [-0.3, -0.25) is 19.2 Å². The molecule has 0 atom stereocenters. The van der Waals surface area contributed by atoms with Crippen LogP contribution < -0.4 is 4.90 Å². The van der Waals surface area contributed by atoms with Gasteiger partial charge in [-0.15, -0.1) is 0 Å². The van der Waals surface area contributed by atoms with Crippen molar-refractivity contribution in [3.63, 3.8) is 0 Å². The first-order valence-electron chi connectivity index (χ1n) is 10.9. The van der Waals surface area contributed by atoms with Gasteiger partial charge in [-0.2, -0.15) is 5.10 Å². The lowest BCUT2D eigenvalue weighted by atomic mass is 10.1. The molecule has 0 amide bonds. The van der Waals surface area contributed by atoms with Crippen molar-refractivity contribution in [1.29, 1.82) is 0 Å². The number of piperazine rings is 1. The Bertz CT molecular complexity index is 1190. The van der Waals surface area contributed by atoms with Gasteiger partial charge in [-0.25, -0.2) is 9.07 Å². The van der Waals surface area contributed by atoms with E-state index in [-0.39, 0.29) is 11.6 Å². The van der Waals surface area contributed by atoms with Crippen molar-refractivity contribution >= 4 is 23.7 Å². The number of ketones is 1. The van der Waals surface area contributed by atoms with E-state index in [9.17, 15) is 9.18 Å². The van der Waals surface area contributed by atoms with Crippen LogP contribution in [0.15, 0.2) is 42.7 Å². The first-order chi connectivity index (χ1) is 15.5. The molecule has 1 saturated carbocycles. The zero-order valence-corrected chi connectivity index (χ0v) is 18.8. The van der Waals surface area contributed by atoms with Gasteiger partial charge in [0.1, 0.15) is 5.82 Å². The molecule has 1 saturated heterocycles. The number of rotatable bonds is 6. The maximum Gasteiger partial charge on any atom is 0.199 e. The summed E-state index contributed by atoms with van der Waals surface area (Å²) >= 11 is 5.78. The van der Waals surface area contributed by atoms with Gasteiger partial charge in [-0.05, 0) is 62.3 Å². The summed E-state index contributed by atoms with van der Waals surface area (Å²) in [6, 6.07) is 9.08. The number of halogens is 1. The summed E-state index contributed by atoms with van der Waals surface area (Å²) < 4.78 is 19.4. The molecule has 0 radical (unpaired) electrons. The molecule has 9 heteroatoms. The molecule has 3 heterocycles. The Labute approximate surface area is 191 Å². The molecule has 1 aliphatic carbocycles. The molecule has 32 heavy (non-hydrogen) atoms. The van der Waals surface area contributed by atoms with Gasteiger partial charge in [-0.1, -0.05) is 0 Å². The van der Waals surface area contributed by atoms with Crippen molar-refractivity contribution in [2.45, 2.75) is 32.5 Å². The standard InChI is InChI=1S/C23H25FN6OS/c1-16(31)18-2-5-21(20(24)14-18)28-12-10-27(11-13-28)15-29-23(32)30(19-3-4-19)22(26-29)17-6-8-25-9-7-17/h2,5-9,14,19H,3-4,10-13,15H2,1H3. The maximum atomic E-state index is 14.5. The molecule has 0 N–H and O–H groups in total. The van der Waals surface area contributed by atoms with E-state index in [0.29, 0.717) is 37.1 Å². The summed E-state index contributed by atoms with van der Waals surface area (Å²) in [6.07, 6.45) is 5.81. The third kappa shape index (κ3) is 4.10. The van der Waals surface area contributed by atoms with E-state index in [2.05, 4.69) is 14.5 Å². The predicted molar refractivity (Wildman–Crippen MR) is 123 cm³/mol. The van der Waals surface area contributed by atoms with Gasteiger partial charge in [0.05, 0.1) is 12.4 Å². The van der Waals surface area contributed by atoms with Crippen LogP contribution >= 0.6 is 12.2 Å². The molecule has 7 nitrogen and oxygen atoms in total. The molecule has 0 unspecified atom stereocenters. The summed E-state index contributed by atoms with van der Waals surface area (Å²) in [5, 5.41) is 4.85. The fourth-order valence-corrected chi connectivity index (χ4v) is 4.51. The highest BCUT2D eigenvalue weighted by Crippen LogP contribution is 2.38. The summed E-state index contributed by atoms with van der Waals surface area (Å²) in [6.45, 7) is 5.00. The van der Waals surface area contributed by atoms with Crippen LogP contribution in [0.1, 0.15) is 36.2 Å². The van der Waals surface area contributed by atoms with E-state index >= 15 is 0 Å². The lowest BCUT2D eigenvalue weighted by Gasteiger charge is -2.36. The summed E-state index contributed by atoms with van der Waals surface area (Å²) in [5.41, 5.74) is 1.96. The Morgan fingerprint density at radius 3 is 2.47 bits per heavy atom. The molecule has 3 aromatic rings. The highest BCUT2D eigenvalue weighted by molar-refractivity contribution is 7.71. The van der Waals surface area contributed by atoms with E-state index in [1.165, 1.54) is 13.0 Å². The number of nitrogens with zero attached hydrogens (tertiary/aromatic N) is 6.